The van der Waals surface area contributed by atoms with Crippen LogP contribution in [0.3, 0.4) is 0 Å². The minimum absolute atomic E-state index is 0.0424. The maximum atomic E-state index is 12.7. The predicted octanol–water partition coefficient (Wildman–Crippen LogP) is 4.77. The third-order valence-electron chi connectivity index (χ3n) is 4.94. The standard InChI is InChI=1S/C23H23F3N4O4/c1-13(2)19(28-17-9-7-15(8-10-17)20(33)27-12-11-18(31)32)14-3-5-16(6-4-14)21-29-30-22(34-21)23(24,25)26/h3-10,13,19,28H,11-12H2,1-2H3,(H,27,33)(H,31,32)/t19-/m1/s1. The van der Waals surface area contributed by atoms with Crippen LogP contribution in [0.5, 0.6) is 0 Å². The topological polar surface area (TPSA) is 117 Å². The SMILES string of the molecule is CC(C)[C@@H](Nc1ccc(C(=O)NCCC(=O)O)cc1)c1ccc(-c2nnc(C(F)(F)F)o2)cc1. The number of aliphatic carboxylic acids is 1. The summed E-state index contributed by atoms with van der Waals surface area (Å²) in [5, 5.41) is 21.1. The highest BCUT2D eigenvalue weighted by Gasteiger charge is 2.38. The fourth-order valence-corrected chi connectivity index (χ4v) is 3.20. The molecule has 0 aliphatic rings. The third-order valence-corrected chi connectivity index (χ3v) is 4.94. The second-order valence-corrected chi connectivity index (χ2v) is 7.88. The Morgan fingerprint density at radius 2 is 1.68 bits per heavy atom. The van der Waals surface area contributed by atoms with Crippen LogP contribution in [0.25, 0.3) is 11.5 Å². The van der Waals surface area contributed by atoms with E-state index in [-0.39, 0.29) is 36.7 Å². The van der Waals surface area contributed by atoms with E-state index in [2.05, 4.69) is 20.8 Å². The summed E-state index contributed by atoms with van der Waals surface area (Å²) in [6.45, 7) is 4.08. The van der Waals surface area contributed by atoms with Gasteiger partial charge in [0.05, 0.1) is 12.5 Å². The van der Waals surface area contributed by atoms with Crippen LogP contribution in [-0.2, 0) is 11.0 Å². The zero-order valence-electron chi connectivity index (χ0n) is 18.4. The summed E-state index contributed by atoms with van der Waals surface area (Å²) >= 11 is 0. The molecule has 2 aromatic carbocycles. The van der Waals surface area contributed by atoms with Crippen molar-refractivity contribution in [2.45, 2.75) is 32.5 Å². The lowest BCUT2D eigenvalue weighted by Gasteiger charge is -2.24. The molecule has 0 aliphatic heterocycles. The van der Waals surface area contributed by atoms with Crippen LogP contribution in [0.15, 0.2) is 52.9 Å². The van der Waals surface area contributed by atoms with Crippen molar-refractivity contribution in [1.82, 2.24) is 15.5 Å². The van der Waals surface area contributed by atoms with E-state index in [1.165, 1.54) is 0 Å². The molecule has 1 atom stereocenters. The van der Waals surface area contributed by atoms with Crippen LogP contribution in [0.4, 0.5) is 18.9 Å². The Bertz CT molecular complexity index is 1130. The lowest BCUT2D eigenvalue weighted by molar-refractivity contribution is -0.157. The quantitative estimate of drug-likeness (QED) is 0.407. The third kappa shape index (κ3) is 6.33. The number of halogens is 3. The Morgan fingerprint density at radius 1 is 1.03 bits per heavy atom. The molecule has 0 saturated carbocycles. The molecule has 34 heavy (non-hydrogen) atoms. The smallest absolute Gasteiger partial charge is 0.470 e. The second-order valence-electron chi connectivity index (χ2n) is 7.88. The molecule has 180 valence electrons. The van der Waals surface area contributed by atoms with Gasteiger partial charge < -0.3 is 20.2 Å². The highest BCUT2D eigenvalue weighted by Crippen LogP contribution is 2.32. The van der Waals surface area contributed by atoms with Crippen LogP contribution in [0.2, 0.25) is 0 Å². The average molecular weight is 476 g/mol. The normalized spacial score (nSPS) is 12.4. The molecule has 1 aromatic heterocycles. The molecule has 8 nitrogen and oxygen atoms in total. The fraction of sp³-hybridized carbons (Fsp3) is 0.304. The van der Waals surface area contributed by atoms with Gasteiger partial charge in [0.1, 0.15) is 0 Å². The minimum atomic E-state index is -4.70. The molecule has 3 rings (SSSR count). The molecule has 1 amide bonds. The van der Waals surface area contributed by atoms with E-state index in [0.717, 1.165) is 11.3 Å². The number of carboxylic acids is 1. The molecule has 0 saturated heterocycles. The van der Waals surface area contributed by atoms with Gasteiger partial charge in [-0.15, -0.1) is 10.2 Å². The van der Waals surface area contributed by atoms with Gasteiger partial charge in [-0.25, -0.2) is 0 Å². The van der Waals surface area contributed by atoms with Crippen LogP contribution < -0.4 is 10.6 Å². The number of hydrogen-bond donors (Lipinski definition) is 3. The first-order valence-electron chi connectivity index (χ1n) is 10.4. The van der Waals surface area contributed by atoms with Crippen LogP contribution in [0, 0.1) is 5.92 Å². The Kier molecular flexibility index (Phi) is 7.54. The van der Waals surface area contributed by atoms with Crippen LogP contribution in [-0.4, -0.2) is 33.7 Å². The highest BCUT2D eigenvalue weighted by atomic mass is 19.4. The van der Waals surface area contributed by atoms with Crippen LogP contribution in [0.1, 0.15) is 48.1 Å². The first-order valence-corrected chi connectivity index (χ1v) is 10.4. The zero-order valence-corrected chi connectivity index (χ0v) is 18.4. The summed E-state index contributed by atoms with van der Waals surface area (Å²) in [5.41, 5.74) is 2.42. The van der Waals surface area contributed by atoms with E-state index in [1.54, 1.807) is 48.5 Å². The molecule has 0 spiro atoms. The number of aromatic nitrogens is 2. The largest absolute Gasteiger partial charge is 0.481 e. The first-order chi connectivity index (χ1) is 16.0. The lowest BCUT2D eigenvalue weighted by Crippen LogP contribution is -2.26. The van der Waals surface area contributed by atoms with Gasteiger partial charge in [-0.05, 0) is 47.9 Å². The summed E-state index contributed by atoms with van der Waals surface area (Å²) in [6.07, 6.45) is -4.86. The van der Waals surface area contributed by atoms with E-state index in [9.17, 15) is 22.8 Å². The predicted molar refractivity (Wildman–Crippen MR) is 117 cm³/mol. The zero-order chi connectivity index (χ0) is 24.9. The Balaban J connectivity index is 1.69. The van der Waals surface area contributed by atoms with Crippen molar-refractivity contribution in [2.24, 2.45) is 5.92 Å². The lowest BCUT2D eigenvalue weighted by atomic mass is 9.94. The molecule has 3 N–H and O–H groups in total. The molecule has 0 bridgehead atoms. The monoisotopic (exact) mass is 476 g/mol. The van der Waals surface area contributed by atoms with Gasteiger partial charge in [0.2, 0.25) is 5.89 Å². The summed E-state index contributed by atoms with van der Waals surface area (Å²) in [4.78, 5) is 22.6. The summed E-state index contributed by atoms with van der Waals surface area (Å²) in [7, 11) is 0. The van der Waals surface area contributed by atoms with Gasteiger partial charge >= 0.3 is 18.0 Å². The van der Waals surface area contributed by atoms with Crippen molar-refractivity contribution in [3.63, 3.8) is 0 Å². The molecular formula is C23H23F3N4O4. The number of benzene rings is 2. The van der Waals surface area contributed by atoms with Gasteiger partial charge in [-0.1, -0.05) is 26.0 Å². The maximum absolute atomic E-state index is 12.7. The Hall–Kier alpha value is -3.89. The van der Waals surface area contributed by atoms with Gasteiger partial charge in [-0.2, -0.15) is 13.2 Å². The number of alkyl halides is 3. The molecule has 0 fully saturated rings. The number of nitrogens with zero attached hydrogens (tertiary/aromatic N) is 2. The van der Waals surface area contributed by atoms with Gasteiger partial charge in [0, 0.05) is 23.4 Å². The number of amides is 1. The fourth-order valence-electron chi connectivity index (χ4n) is 3.20. The Morgan fingerprint density at radius 3 is 2.21 bits per heavy atom. The van der Waals surface area contributed by atoms with Crippen molar-refractivity contribution in [1.29, 1.82) is 0 Å². The Labute approximate surface area is 193 Å². The molecule has 3 aromatic rings. The van der Waals surface area contributed by atoms with Crippen molar-refractivity contribution < 1.29 is 32.3 Å². The van der Waals surface area contributed by atoms with Gasteiger partial charge in [-0.3, -0.25) is 9.59 Å². The molecular weight excluding hydrogens is 453 g/mol. The highest BCUT2D eigenvalue weighted by molar-refractivity contribution is 5.94. The van der Waals surface area contributed by atoms with Gasteiger partial charge in [0.25, 0.3) is 5.91 Å². The van der Waals surface area contributed by atoms with E-state index < -0.39 is 18.0 Å². The van der Waals surface area contributed by atoms with Crippen LogP contribution >= 0.6 is 0 Å². The molecule has 11 heteroatoms. The summed E-state index contributed by atoms with van der Waals surface area (Å²) in [6, 6.07) is 13.4. The number of rotatable bonds is 9. The number of carbonyl (C=O) groups excluding carboxylic acids is 1. The number of hydrogen-bond acceptors (Lipinski definition) is 6. The van der Waals surface area contributed by atoms with Gasteiger partial charge in [0.15, 0.2) is 0 Å². The van der Waals surface area contributed by atoms with Crippen molar-refractivity contribution in [2.75, 3.05) is 11.9 Å². The number of anilines is 1. The molecule has 0 unspecified atom stereocenters. The van der Waals surface area contributed by atoms with Crippen molar-refractivity contribution >= 4 is 17.6 Å². The maximum Gasteiger partial charge on any atom is 0.470 e. The molecule has 1 heterocycles. The van der Waals surface area contributed by atoms with Crippen molar-refractivity contribution in [3.8, 4) is 11.5 Å². The van der Waals surface area contributed by atoms with E-state index >= 15 is 0 Å². The second kappa shape index (κ2) is 10.4. The number of nitrogens with one attached hydrogen (secondary N) is 2. The minimum Gasteiger partial charge on any atom is -0.481 e. The summed E-state index contributed by atoms with van der Waals surface area (Å²) in [5.74, 6) is -2.81. The number of carboxylic acid groups (broad SMARTS) is 1. The molecule has 0 radical (unpaired) electrons. The van der Waals surface area contributed by atoms with E-state index in [4.69, 9.17) is 9.52 Å². The summed E-state index contributed by atoms with van der Waals surface area (Å²) < 4.78 is 42.8. The van der Waals surface area contributed by atoms with Crippen molar-refractivity contribution in [3.05, 3.63) is 65.5 Å². The average Bonchev–Trinajstić information content (AvgIpc) is 3.28. The number of carbonyl (C=O) groups is 2. The van der Waals surface area contributed by atoms with E-state index in [0.29, 0.717) is 11.1 Å². The van der Waals surface area contributed by atoms with E-state index in [1.807, 2.05) is 13.8 Å². The molecule has 0 aliphatic carbocycles. The first kappa shape index (κ1) is 24.7.